The van der Waals surface area contributed by atoms with Gasteiger partial charge < -0.3 is 15.5 Å². The average Bonchev–Trinajstić information content (AvgIpc) is 2.85. The van der Waals surface area contributed by atoms with Gasteiger partial charge in [0.1, 0.15) is 17.5 Å². The van der Waals surface area contributed by atoms with Gasteiger partial charge in [0, 0.05) is 24.7 Å². The highest BCUT2D eigenvalue weighted by Gasteiger charge is 2.30. The minimum Gasteiger partial charge on any atom is -0.479 e. The topological polar surface area (TPSA) is 116 Å². The number of aliphatic hydroxyl groups is 1. The van der Waals surface area contributed by atoms with Crippen LogP contribution >= 0.6 is 0 Å². The van der Waals surface area contributed by atoms with E-state index in [1.165, 1.54) is 17.8 Å². The van der Waals surface area contributed by atoms with E-state index in [1.807, 2.05) is 0 Å². The molecule has 2 aromatic rings. The van der Waals surface area contributed by atoms with Gasteiger partial charge in [0.15, 0.2) is 5.60 Å². The summed E-state index contributed by atoms with van der Waals surface area (Å²) in [7, 11) is 1.50. The Balaban J connectivity index is 2.10. The van der Waals surface area contributed by atoms with Gasteiger partial charge in [-0.2, -0.15) is 5.10 Å². The third-order valence-electron chi connectivity index (χ3n) is 3.33. The fourth-order valence-electron chi connectivity index (χ4n) is 1.92. The molecule has 0 radical (unpaired) electrons. The number of hydrogen-bond acceptors (Lipinski definition) is 4. The summed E-state index contributed by atoms with van der Waals surface area (Å²) in [5, 5.41) is 27.0. The van der Waals surface area contributed by atoms with Crippen molar-refractivity contribution in [1.82, 2.24) is 15.1 Å². The van der Waals surface area contributed by atoms with Crippen molar-refractivity contribution in [3.05, 3.63) is 35.9 Å². The normalized spacial score (nSPS) is 13.2. The molecular formula is C15H16F2N4O4. The van der Waals surface area contributed by atoms with E-state index in [0.29, 0.717) is 0 Å². The van der Waals surface area contributed by atoms with Gasteiger partial charge >= 0.3 is 12.0 Å². The monoisotopic (exact) mass is 354 g/mol. The van der Waals surface area contributed by atoms with Crippen LogP contribution in [0.25, 0.3) is 11.3 Å². The van der Waals surface area contributed by atoms with E-state index in [-0.39, 0.29) is 17.1 Å². The fourth-order valence-corrected chi connectivity index (χ4v) is 1.92. The van der Waals surface area contributed by atoms with Gasteiger partial charge in [-0.3, -0.25) is 10.00 Å². The zero-order valence-corrected chi connectivity index (χ0v) is 13.4. The molecule has 0 saturated heterocycles. The molecule has 2 rings (SSSR count). The van der Waals surface area contributed by atoms with Crippen LogP contribution in [0.5, 0.6) is 0 Å². The van der Waals surface area contributed by atoms with Gasteiger partial charge in [0.05, 0.1) is 12.2 Å². The van der Waals surface area contributed by atoms with Crippen LogP contribution in [-0.2, 0) is 11.8 Å². The number of benzene rings is 1. The molecule has 10 heteroatoms. The maximum absolute atomic E-state index is 13.3. The summed E-state index contributed by atoms with van der Waals surface area (Å²) in [5.41, 5.74) is -1.70. The summed E-state index contributed by atoms with van der Waals surface area (Å²) in [5.74, 6) is -2.80. The van der Waals surface area contributed by atoms with E-state index in [2.05, 4.69) is 15.7 Å². The molecule has 0 spiro atoms. The summed E-state index contributed by atoms with van der Waals surface area (Å²) < 4.78 is 27.8. The predicted molar refractivity (Wildman–Crippen MR) is 83.8 cm³/mol. The van der Waals surface area contributed by atoms with Crippen molar-refractivity contribution in [2.75, 3.05) is 11.9 Å². The predicted octanol–water partition coefficient (Wildman–Crippen LogP) is 1.32. The lowest BCUT2D eigenvalue weighted by Gasteiger charge is -2.18. The zero-order chi connectivity index (χ0) is 18.8. The standard InChI is InChI=1S/C15H16F2N4O4/c1-15(25,13(22)23)7-18-14(24)19-12-6-11(20-21(12)2)8-3-9(16)5-10(17)4-8/h3-6,25H,7H2,1-2H3,(H,22,23)(H2,18,19,24). The van der Waals surface area contributed by atoms with Crippen LogP contribution in [0.2, 0.25) is 0 Å². The Hall–Kier alpha value is -3.01. The van der Waals surface area contributed by atoms with Gasteiger partial charge in [-0.25, -0.2) is 18.4 Å². The molecule has 0 saturated carbocycles. The number of aryl methyl sites for hydroxylation is 1. The van der Waals surface area contributed by atoms with E-state index < -0.39 is 35.8 Å². The second-order valence-electron chi connectivity index (χ2n) is 5.58. The van der Waals surface area contributed by atoms with Gasteiger partial charge in [0.25, 0.3) is 0 Å². The first kappa shape index (κ1) is 18.3. The molecule has 2 amide bonds. The number of hydrogen-bond donors (Lipinski definition) is 4. The van der Waals surface area contributed by atoms with E-state index in [1.54, 1.807) is 0 Å². The second-order valence-corrected chi connectivity index (χ2v) is 5.58. The summed E-state index contributed by atoms with van der Waals surface area (Å²) in [4.78, 5) is 22.6. The first-order valence-corrected chi connectivity index (χ1v) is 7.09. The third-order valence-corrected chi connectivity index (χ3v) is 3.33. The molecule has 8 nitrogen and oxygen atoms in total. The Kier molecular flexibility index (Phi) is 5.02. The Morgan fingerprint density at radius 2 is 1.84 bits per heavy atom. The van der Waals surface area contributed by atoms with Gasteiger partial charge in [-0.15, -0.1) is 0 Å². The number of rotatable bonds is 5. The number of carbonyl (C=O) groups excluding carboxylic acids is 1. The van der Waals surface area contributed by atoms with Crippen molar-refractivity contribution in [1.29, 1.82) is 0 Å². The third kappa shape index (κ3) is 4.51. The average molecular weight is 354 g/mol. The maximum atomic E-state index is 13.3. The molecule has 1 heterocycles. The summed E-state index contributed by atoms with van der Waals surface area (Å²) in [6.45, 7) is 0.518. The Labute approximate surface area is 141 Å². The number of anilines is 1. The van der Waals surface area contributed by atoms with Crippen LogP contribution in [0.1, 0.15) is 6.92 Å². The molecule has 25 heavy (non-hydrogen) atoms. The SMILES string of the molecule is Cn1nc(-c2cc(F)cc(F)c2)cc1NC(=O)NCC(C)(O)C(=O)O. The number of urea groups is 1. The van der Waals surface area contributed by atoms with Gasteiger partial charge in [-0.1, -0.05) is 0 Å². The molecule has 1 aromatic carbocycles. The van der Waals surface area contributed by atoms with Crippen molar-refractivity contribution in [2.45, 2.75) is 12.5 Å². The van der Waals surface area contributed by atoms with Crippen LogP contribution in [0.4, 0.5) is 19.4 Å². The fraction of sp³-hybridized carbons (Fsp3) is 0.267. The van der Waals surface area contributed by atoms with Crippen LogP contribution in [-0.4, -0.2) is 44.1 Å². The van der Waals surface area contributed by atoms with Crippen molar-refractivity contribution >= 4 is 17.8 Å². The quantitative estimate of drug-likeness (QED) is 0.646. The molecule has 1 atom stereocenters. The summed E-state index contributed by atoms with van der Waals surface area (Å²) >= 11 is 0. The molecule has 0 fully saturated rings. The lowest BCUT2D eigenvalue weighted by Crippen LogP contribution is -2.47. The molecule has 4 N–H and O–H groups in total. The van der Waals surface area contributed by atoms with Crippen molar-refractivity contribution in [3.8, 4) is 11.3 Å². The number of carboxylic acid groups (broad SMARTS) is 1. The number of amides is 2. The smallest absolute Gasteiger partial charge is 0.337 e. The molecular weight excluding hydrogens is 338 g/mol. The van der Waals surface area contributed by atoms with Crippen molar-refractivity contribution in [3.63, 3.8) is 0 Å². The zero-order valence-electron chi connectivity index (χ0n) is 13.4. The molecule has 1 aromatic heterocycles. The number of aromatic nitrogens is 2. The highest BCUT2D eigenvalue weighted by atomic mass is 19.1. The lowest BCUT2D eigenvalue weighted by molar-refractivity contribution is -0.155. The second kappa shape index (κ2) is 6.85. The Bertz CT molecular complexity index is 800. The van der Waals surface area contributed by atoms with E-state index >= 15 is 0 Å². The van der Waals surface area contributed by atoms with E-state index in [0.717, 1.165) is 25.1 Å². The lowest BCUT2D eigenvalue weighted by atomic mass is 10.1. The van der Waals surface area contributed by atoms with Crippen LogP contribution in [0, 0.1) is 11.6 Å². The molecule has 0 aliphatic carbocycles. The molecule has 1 unspecified atom stereocenters. The highest BCUT2D eigenvalue weighted by Crippen LogP contribution is 2.23. The minimum absolute atomic E-state index is 0.190. The van der Waals surface area contributed by atoms with Crippen LogP contribution in [0.15, 0.2) is 24.3 Å². The molecule has 134 valence electrons. The van der Waals surface area contributed by atoms with Crippen molar-refractivity contribution < 1.29 is 28.6 Å². The van der Waals surface area contributed by atoms with Crippen LogP contribution in [0.3, 0.4) is 0 Å². The maximum Gasteiger partial charge on any atom is 0.337 e. The van der Waals surface area contributed by atoms with Crippen molar-refractivity contribution in [2.24, 2.45) is 7.05 Å². The number of nitrogens with zero attached hydrogens (tertiary/aromatic N) is 2. The molecule has 0 bridgehead atoms. The minimum atomic E-state index is -2.12. The van der Waals surface area contributed by atoms with Gasteiger partial charge in [-0.05, 0) is 19.1 Å². The summed E-state index contributed by atoms with van der Waals surface area (Å²) in [6.07, 6.45) is 0. The van der Waals surface area contributed by atoms with Gasteiger partial charge in [0.2, 0.25) is 0 Å². The highest BCUT2D eigenvalue weighted by molar-refractivity contribution is 5.89. The van der Waals surface area contributed by atoms with Crippen LogP contribution < -0.4 is 10.6 Å². The molecule has 0 aliphatic heterocycles. The first-order valence-electron chi connectivity index (χ1n) is 7.09. The number of nitrogens with one attached hydrogen (secondary N) is 2. The Morgan fingerprint density at radius 3 is 2.40 bits per heavy atom. The summed E-state index contributed by atoms with van der Waals surface area (Å²) in [6, 6.07) is 3.54. The number of aliphatic carboxylic acids is 1. The van der Waals surface area contributed by atoms with E-state index in [4.69, 9.17) is 5.11 Å². The molecule has 0 aliphatic rings. The van der Waals surface area contributed by atoms with E-state index in [9.17, 15) is 23.5 Å². The Morgan fingerprint density at radius 1 is 1.24 bits per heavy atom. The number of halogens is 2. The first-order chi connectivity index (χ1) is 11.6. The largest absolute Gasteiger partial charge is 0.479 e. The number of carboxylic acids is 1. The number of carbonyl (C=O) groups is 2.